The van der Waals surface area contributed by atoms with E-state index in [1.807, 2.05) is 7.05 Å². The molecule has 0 aliphatic carbocycles. The lowest BCUT2D eigenvalue weighted by molar-refractivity contribution is 0.205. The maximum atomic E-state index is 10.3. The zero-order valence-electron chi connectivity index (χ0n) is 11.0. The van der Waals surface area contributed by atoms with Crippen LogP contribution < -0.4 is 9.47 Å². The van der Waals surface area contributed by atoms with E-state index in [1.165, 1.54) is 0 Å². The summed E-state index contributed by atoms with van der Waals surface area (Å²) in [6.07, 6.45) is 2.66. The number of ether oxygens (including phenoxy) is 2. The monoisotopic (exact) mass is 284 g/mol. The third-order valence-electron chi connectivity index (χ3n) is 2.83. The fraction of sp³-hybridized carbons (Fsp3) is 0.308. The van der Waals surface area contributed by atoms with Crippen molar-refractivity contribution in [2.45, 2.75) is 6.10 Å². The molecule has 0 saturated heterocycles. The summed E-state index contributed by atoms with van der Waals surface area (Å²) in [5.74, 6) is 1.80. The van der Waals surface area contributed by atoms with Crippen molar-refractivity contribution in [2.24, 2.45) is 7.05 Å². The van der Waals surface area contributed by atoms with E-state index >= 15 is 0 Å². The molecule has 0 bridgehead atoms. The van der Waals surface area contributed by atoms with Gasteiger partial charge >= 0.3 is 0 Å². The molecule has 104 valence electrons. The third kappa shape index (κ3) is 3.00. The van der Waals surface area contributed by atoms with Crippen LogP contribution in [0, 0.1) is 0 Å². The van der Waals surface area contributed by atoms with Gasteiger partial charge < -0.3 is 19.1 Å². The van der Waals surface area contributed by atoms with E-state index in [2.05, 4.69) is 4.98 Å². The van der Waals surface area contributed by atoms with Crippen LogP contribution >= 0.6 is 12.4 Å². The molecule has 2 rings (SSSR count). The first-order valence-corrected chi connectivity index (χ1v) is 5.54. The zero-order chi connectivity index (χ0) is 13.1. The molecule has 0 aliphatic heterocycles. The van der Waals surface area contributed by atoms with E-state index in [0.717, 1.165) is 0 Å². The molecule has 0 spiro atoms. The molecule has 0 fully saturated rings. The predicted molar refractivity (Wildman–Crippen MR) is 74.1 cm³/mol. The minimum atomic E-state index is -0.787. The van der Waals surface area contributed by atoms with Gasteiger partial charge in [0.25, 0.3) is 0 Å². The Morgan fingerprint density at radius 2 is 1.89 bits per heavy atom. The van der Waals surface area contributed by atoms with Crippen LogP contribution in [-0.2, 0) is 7.05 Å². The third-order valence-corrected chi connectivity index (χ3v) is 2.83. The molecule has 1 aromatic heterocycles. The van der Waals surface area contributed by atoms with Gasteiger partial charge in [0.05, 0.1) is 14.2 Å². The number of halogens is 1. The summed E-state index contributed by atoms with van der Waals surface area (Å²) in [5.41, 5.74) is 0.710. The van der Waals surface area contributed by atoms with Gasteiger partial charge in [-0.2, -0.15) is 0 Å². The summed E-state index contributed by atoms with van der Waals surface area (Å²) in [7, 11) is 4.98. The van der Waals surface area contributed by atoms with Crippen LogP contribution in [0.2, 0.25) is 0 Å². The summed E-state index contributed by atoms with van der Waals surface area (Å²) < 4.78 is 12.1. The van der Waals surface area contributed by atoms with Gasteiger partial charge in [-0.25, -0.2) is 4.98 Å². The van der Waals surface area contributed by atoms with Gasteiger partial charge in [0.2, 0.25) is 0 Å². The molecule has 2 aromatic rings. The van der Waals surface area contributed by atoms with Crippen molar-refractivity contribution in [3.05, 3.63) is 42.0 Å². The predicted octanol–water partition coefficient (Wildman–Crippen LogP) is 1.94. The first kappa shape index (κ1) is 15.3. The summed E-state index contributed by atoms with van der Waals surface area (Å²) in [5, 5.41) is 10.3. The summed E-state index contributed by atoms with van der Waals surface area (Å²) in [6, 6.07) is 5.30. The van der Waals surface area contributed by atoms with Crippen molar-refractivity contribution in [1.82, 2.24) is 9.55 Å². The first-order valence-electron chi connectivity index (χ1n) is 5.54. The Kier molecular flexibility index (Phi) is 5.20. The number of aromatic nitrogens is 2. The number of methoxy groups -OCH3 is 2. The normalized spacial score (nSPS) is 11.6. The second-order valence-electron chi connectivity index (χ2n) is 3.91. The topological polar surface area (TPSA) is 56.5 Å². The Morgan fingerprint density at radius 1 is 1.21 bits per heavy atom. The highest BCUT2D eigenvalue weighted by Gasteiger charge is 2.16. The van der Waals surface area contributed by atoms with Crippen molar-refractivity contribution in [2.75, 3.05) is 14.2 Å². The van der Waals surface area contributed by atoms with Crippen LogP contribution in [0.1, 0.15) is 17.5 Å². The maximum Gasteiger partial charge on any atom is 0.161 e. The Labute approximate surface area is 118 Å². The van der Waals surface area contributed by atoms with Crippen LogP contribution in [-0.4, -0.2) is 28.9 Å². The number of hydrogen-bond acceptors (Lipinski definition) is 4. The fourth-order valence-corrected chi connectivity index (χ4v) is 1.81. The molecule has 1 atom stereocenters. The minimum absolute atomic E-state index is 0. The Bertz CT molecular complexity index is 542. The Balaban J connectivity index is 0.00000180. The van der Waals surface area contributed by atoms with Crippen molar-refractivity contribution >= 4 is 12.4 Å². The fourth-order valence-electron chi connectivity index (χ4n) is 1.81. The zero-order valence-corrected chi connectivity index (χ0v) is 11.8. The molecule has 19 heavy (non-hydrogen) atoms. The maximum absolute atomic E-state index is 10.3. The van der Waals surface area contributed by atoms with Crippen molar-refractivity contribution in [3.8, 4) is 11.5 Å². The molecule has 6 heteroatoms. The number of nitrogens with zero attached hydrogens (tertiary/aromatic N) is 2. The lowest BCUT2D eigenvalue weighted by atomic mass is 10.1. The number of hydrogen-bond donors (Lipinski definition) is 1. The van der Waals surface area contributed by atoms with Gasteiger partial charge in [0, 0.05) is 19.4 Å². The molecular formula is C13H17ClN2O3. The average molecular weight is 285 g/mol. The summed E-state index contributed by atoms with van der Waals surface area (Å²) in [6.45, 7) is 0. The van der Waals surface area contributed by atoms with Gasteiger partial charge in [-0.05, 0) is 17.7 Å². The van der Waals surface area contributed by atoms with E-state index in [1.54, 1.807) is 49.4 Å². The molecule has 1 aromatic carbocycles. The largest absolute Gasteiger partial charge is 0.493 e. The van der Waals surface area contributed by atoms with E-state index in [-0.39, 0.29) is 12.4 Å². The Morgan fingerprint density at radius 3 is 2.42 bits per heavy atom. The molecule has 1 unspecified atom stereocenters. The molecule has 0 amide bonds. The van der Waals surface area contributed by atoms with Gasteiger partial charge in [0.15, 0.2) is 11.5 Å². The van der Waals surface area contributed by atoms with Crippen LogP contribution in [0.25, 0.3) is 0 Å². The van der Waals surface area contributed by atoms with Crippen LogP contribution in [0.4, 0.5) is 0 Å². The average Bonchev–Trinajstić information content (AvgIpc) is 2.83. The lowest BCUT2D eigenvalue weighted by Gasteiger charge is -2.14. The number of aliphatic hydroxyl groups is 1. The highest BCUT2D eigenvalue weighted by Crippen LogP contribution is 2.31. The molecule has 0 aliphatic rings. The van der Waals surface area contributed by atoms with Gasteiger partial charge in [-0.15, -0.1) is 12.4 Å². The minimum Gasteiger partial charge on any atom is -0.493 e. The van der Waals surface area contributed by atoms with E-state index in [9.17, 15) is 5.11 Å². The molecule has 5 nitrogen and oxygen atoms in total. The SMILES string of the molecule is COc1ccc(C(O)c2nccn2C)cc1OC.Cl. The quantitative estimate of drug-likeness (QED) is 0.932. The van der Waals surface area contributed by atoms with Crippen LogP contribution in [0.5, 0.6) is 11.5 Å². The van der Waals surface area contributed by atoms with Crippen molar-refractivity contribution in [1.29, 1.82) is 0 Å². The van der Waals surface area contributed by atoms with E-state index in [4.69, 9.17) is 9.47 Å². The molecule has 1 N–H and O–H groups in total. The number of imidazole rings is 1. The standard InChI is InChI=1S/C13H16N2O3.ClH/c1-15-7-6-14-13(15)12(16)9-4-5-10(17-2)11(8-9)18-3;/h4-8,12,16H,1-3H3;1H. The second kappa shape index (κ2) is 6.45. The molecule has 0 radical (unpaired) electrons. The van der Waals surface area contributed by atoms with Crippen LogP contribution in [0.15, 0.2) is 30.6 Å². The molecule has 0 saturated carbocycles. The lowest BCUT2D eigenvalue weighted by Crippen LogP contribution is -2.07. The number of aliphatic hydroxyl groups excluding tert-OH is 1. The van der Waals surface area contributed by atoms with Gasteiger partial charge in [-0.1, -0.05) is 6.07 Å². The van der Waals surface area contributed by atoms with Gasteiger partial charge in [-0.3, -0.25) is 0 Å². The van der Waals surface area contributed by atoms with Crippen molar-refractivity contribution < 1.29 is 14.6 Å². The molecule has 1 heterocycles. The number of aryl methyl sites for hydroxylation is 1. The van der Waals surface area contributed by atoms with E-state index in [0.29, 0.717) is 22.9 Å². The smallest absolute Gasteiger partial charge is 0.161 e. The first-order chi connectivity index (χ1) is 8.67. The Hall–Kier alpha value is -1.72. The highest BCUT2D eigenvalue weighted by atomic mass is 35.5. The van der Waals surface area contributed by atoms with E-state index < -0.39 is 6.10 Å². The van der Waals surface area contributed by atoms with Crippen molar-refractivity contribution in [3.63, 3.8) is 0 Å². The summed E-state index contributed by atoms with van der Waals surface area (Å²) in [4.78, 5) is 4.13. The number of rotatable bonds is 4. The highest BCUT2D eigenvalue weighted by molar-refractivity contribution is 5.85. The van der Waals surface area contributed by atoms with Gasteiger partial charge in [0.1, 0.15) is 11.9 Å². The van der Waals surface area contributed by atoms with Crippen LogP contribution in [0.3, 0.4) is 0 Å². The number of benzene rings is 1. The second-order valence-corrected chi connectivity index (χ2v) is 3.91. The summed E-state index contributed by atoms with van der Waals surface area (Å²) >= 11 is 0. The molecular weight excluding hydrogens is 268 g/mol.